The Balaban J connectivity index is 1.34. The molecule has 9 nitrogen and oxygen atoms in total. The van der Waals surface area contributed by atoms with Crippen LogP contribution < -0.4 is 20.1 Å². The molecule has 1 saturated carbocycles. The van der Waals surface area contributed by atoms with Crippen LogP contribution in [0.25, 0.3) is 16.7 Å². The van der Waals surface area contributed by atoms with Gasteiger partial charge in [-0.25, -0.2) is 14.4 Å². The lowest BCUT2D eigenvalue weighted by atomic mass is 10.0. The number of methoxy groups -OCH3 is 1. The number of fused-ring (bicyclic) bond motifs is 2. The lowest BCUT2D eigenvalue weighted by Crippen LogP contribution is -2.25. The van der Waals surface area contributed by atoms with Crippen molar-refractivity contribution in [2.45, 2.75) is 45.1 Å². The predicted molar refractivity (Wildman–Crippen MR) is 149 cm³/mol. The molecule has 4 aromatic rings. The number of aryl methyl sites for hydroxylation is 1. The molecule has 10 heteroatoms. The minimum atomic E-state index is -0.631. The largest absolute Gasteiger partial charge is 0.495 e. The summed E-state index contributed by atoms with van der Waals surface area (Å²) in [7, 11) is 1.52. The number of hydrogen-bond donors (Lipinski definition) is 2. The van der Waals surface area contributed by atoms with E-state index in [1.54, 1.807) is 18.2 Å². The lowest BCUT2D eigenvalue weighted by Gasteiger charge is -2.18. The fourth-order valence-electron chi connectivity index (χ4n) is 5.30. The SMILES string of the molecule is COc1cc(C(=O)NCCF)ccc1Nc1nc2c(c(OC3CCCC3)n1)C(c1ccc3nc(C)oc3c1)=CC2. The quantitative estimate of drug-likeness (QED) is 0.277. The molecule has 206 valence electrons. The van der Waals surface area contributed by atoms with Gasteiger partial charge >= 0.3 is 0 Å². The number of nitrogens with zero attached hydrogens (tertiary/aromatic N) is 3. The number of rotatable bonds is 9. The maximum atomic E-state index is 12.5. The number of carbonyl (C=O) groups excluding carboxylic acids is 1. The number of carbonyl (C=O) groups is 1. The summed E-state index contributed by atoms with van der Waals surface area (Å²) >= 11 is 0. The molecule has 2 aliphatic carbocycles. The first-order chi connectivity index (χ1) is 19.5. The van der Waals surface area contributed by atoms with Gasteiger partial charge in [0.15, 0.2) is 11.5 Å². The predicted octanol–water partition coefficient (Wildman–Crippen LogP) is 5.69. The maximum Gasteiger partial charge on any atom is 0.251 e. The van der Waals surface area contributed by atoms with Gasteiger partial charge < -0.3 is 24.5 Å². The summed E-state index contributed by atoms with van der Waals surface area (Å²) in [6.45, 7) is 1.16. The van der Waals surface area contributed by atoms with E-state index in [9.17, 15) is 9.18 Å². The van der Waals surface area contributed by atoms with E-state index in [2.05, 4.69) is 21.7 Å². The fourth-order valence-corrected chi connectivity index (χ4v) is 5.30. The molecule has 0 aliphatic heterocycles. The molecule has 2 heterocycles. The molecule has 0 atom stereocenters. The number of halogens is 1. The van der Waals surface area contributed by atoms with Crippen molar-refractivity contribution in [2.75, 3.05) is 25.6 Å². The maximum absolute atomic E-state index is 12.5. The highest BCUT2D eigenvalue weighted by Crippen LogP contribution is 2.41. The van der Waals surface area contributed by atoms with Crippen LogP contribution in [0.3, 0.4) is 0 Å². The molecule has 40 heavy (non-hydrogen) atoms. The molecule has 0 radical (unpaired) electrons. The van der Waals surface area contributed by atoms with Crippen LogP contribution in [0.5, 0.6) is 11.6 Å². The molecule has 2 N–H and O–H groups in total. The number of oxazole rings is 1. The van der Waals surface area contributed by atoms with E-state index in [0.717, 1.165) is 59.2 Å². The van der Waals surface area contributed by atoms with Crippen LogP contribution in [-0.4, -0.2) is 47.3 Å². The third-order valence-corrected chi connectivity index (χ3v) is 7.20. The first kappa shape index (κ1) is 25.8. The Morgan fingerprint density at radius 2 is 1.98 bits per heavy atom. The van der Waals surface area contributed by atoms with Crippen molar-refractivity contribution in [1.82, 2.24) is 20.3 Å². The van der Waals surface area contributed by atoms with Crippen LogP contribution in [-0.2, 0) is 6.42 Å². The van der Waals surface area contributed by atoms with E-state index in [1.165, 1.54) is 7.11 Å². The summed E-state index contributed by atoms with van der Waals surface area (Å²) in [4.78, 5) is 26.4. The van der Waals surface area contributed by atoms with Crippen LogP contribution in [0.4, 0.5) is 16.0 Å². The molecule has 2 aromatic heterocycles. The third-order valence-electron chi connectivity index (χ3n) is 7.20. The van der Waals surface area contributed by atoms with Crippen molar-refractivity contribution in [3.8, 4) is 11.6 Å². The van der Waals surface area contributed by atoms with E-state index in [0.29, 0.717) is 41.1 Å². The van der Waals surface area contributed by atoms with Gasteiger partial charge in [-0.05, 0) is 67.2 Å². The molecular weight excluding hydrogens is 513 g/mol. The minimum Gasteiger partial charge on any atom is -0.495 e. The monoisotopic (exact) mass is 543 g/mol. The van der Waals surface area contributed by atoms with Crippen LogP contribution >= 0.6 is 0 Å². The summed E-state index contributed by atoms with van der Waals surface area (Å²) in [5.74, 6) is 1.60. The van der Waals surface area contributed by atoms with Gasteiger partial charge in [0.1, 0.15) is 24.0 Å². The van der Waals surface area contributed by atoms with Crippen molar-refractivity contribution in [1.29, 1.82) is 0 Å². The Kier molecular flexibility index (Phi) is 7.06. The highest BCUT2D eigenvalue weighted by molar-refractivity contribution is 5.95. The zero-order valence-corrected chi connectivity index (χ0v) is 22.4. The second-order valence-corrected chi connectivity index (χ2v) is 9.92. The molecule has 1 amide bonds. The number of ether oxygens (including phenoxy) is 2. The summed E-state index contributed by atoms with van der Waals surface area (Å²) in [5.41, 5.74) is 6.25. The van der Waals surface area contributed by atoms with E-state index >= 15 is 0 Å². The van der Waals surface area contributed by atoms with Crippen molar-refractivity contribution in [2.24, 2.45) is 0 Å². The summed E-state index contributed by atoms with van der Waals surface area (Å²) in [5, 5.41) is 5.77. The molecule has 2 aromatic carbocycles. The molecule has 0 saturated heterocycles. The standard InChI is InChI=1S/C30H30FN5O4/c1-17-33-23-10-7-18(15-26(23)39-17)21-9-12-24-27(21)29(40-20-5-3-4-6-20)36-30(35-24)34-22-11-8-19(16-25(22)38-2)28(37)32-14-13-31/h7-11,15-16,20H,3-6,12-14H2,1-2H3,(H,32,37)(H,34,35,36). The van der Waals surface area contributed by atoms with Gasteiger partial charge in [-0.15, -0.1) is 0 Å². The van der Waals surface area contributed by atoms with Gasteiger partial charge in [0.2, 0.25) is 11.8 Å². The van der Waals surface area contributed by atoms with Crippen LogP contribution in [0.1, 0.15) is 58.8 Å². The Morgan fingerprint density at radius 1 is 1.12 bits per heavy atom. The Bertz CT molecular complexity index is 1610. The fraction of sp³-hybridized carbons (Fsp3) is 0.333. The van der Waals surface area contributed by atoms with Gasteiger partial charge in [0, 0.05) is 25.5 Å². The average molecular weight is 544 g/mol. The van der Waals surface area contributed by atoms with Crippen molar-refractivity contribution in [3.05, 3.63) is 70.7 Å². The normalized spacial score (nSPS) is 14.7. The summed E-state index contributed by atoms with van der Waals surface area (Å²) in [6, 6.07) is 10.9. The van der Waals surface area contributed by atoms with Crippen molar-refractivity contribution in [3.63, 3.8) is 0 Å². The molecule has 2 aliphatic rings. The van der Waals surface area contributed by atoms with E-state index in [1.807, 2.05) is 25.1 Å². The first-order valence-corrected chi connectivity index (χ1v) is 13.5. The Morgan fingerprint density at radius 3 is 2.77 bits per heavy atom. The van der Waals surface area contributed by atoms with Gasteiger partial charge in [-0.3, -0.25) is 4.79 Å². The third kappa shape index (κ3) is 5.09. The van der Waals surface area contributed by atoms with E-state index < -0.39 is 6.67 Å². The van der Waals surface area contributed by atoms with E-state index in [-0.39, 0.29) is 18.6 Å². The summed E-state index contributed by atoms with van der Waals surface area (Å²) < 4.78 is 30.3. The van der Waals surface area contributed by atoms with Crippen molar-refractivity contribution < 1.29 is 23.1 Å². The topological polar surface area (TPSA) is 111 Å². The average Bonchev–Trinajstić information content (AvgIpc) is 3.71. The number of benzene rings is 2. The van der Waals surface area contributed by atoms with Crippen LogP contribution in [0.15, 0.2) is 46.9 Å². The molecule has 0 spiro atoms. The molecule has 1 fully saturated rings. The zero-order chi connectivity index (χ0) is 27.6. The zero-order valence-electron chi connectivity index (χ0n) is 22.4. The van der Waals surface area contributed by atoms with E-state index in [4.69, 9.17) is 23.9 Å². The van der Waals surface area contributed by atoms with Gasteiger partial charge in [0.25, 0.3) is 5.91 Å². The molecule has 0 unspecified atom stereocenters. The number of aromatic nitrogens is 3. The van der Waals surface area contributed by atoms with Crippen LogP contribution in [0, 0.1) is 6.92 Å². The van der Waals surface area contributed by atoms with Crippen molar-refractivity contribution >= 4 is 34.2 Å². The number of allylic oxidation sites excluding steroid dienone is 1. The van der Waals surface area contributed by atoms with Gasteiger partial charge in [0.05, 0.1) is 24.1 Å². The number of hydrogen-bond acceptors (Lipinski definition) is 8. The Labute approximate surface area is 230 Å². The molecule has 6 rings (SSSR count). The lowest BCUT2D eigenvalue weighted by molar-refractivity contribution is 0.0950. The Hall–Kier alpha value is -4.47. The second-order valence-electron chi connectivity index (χ2n) is 9.92. The number of alkyl halides is 1. The number of anilines is 2. The second kappa shape index (κ2) is 11.0. The smallest absolute Gasteiger partial charge is 0.251 e. The van der Waals surface area contributed by atoms with Gasteiger partial charge in [-0.2, -0.15) is 4.98 Å². The highest BCUT2D eigenvalue weighted by Gasteiger charge is 2.28. The van der Waals surface area contributed by atoms with Crippen LogP contribution in [0.2, 0.25) is 0 Å². The van der Waals surface area contributed by atoms with Gasteiger partial charge in [-0.1, -0.05) is 12.1 Å². The summed E-state index contributed by atoms with van der Waals surface area (Å²) in [6.07, 6.45) is 7.12. The first-order valence-electron chi connectivity index (χ1n) is 13.5. The highest BCUT2D eigenvalue weighted by atomic mass is 19.1. The molecular formula is C30H30FN5O4. The molecule has 0 bridgehead atoms. The number of nitrogens with one attached hydrogen (secondary N) is 2. The minimum absolute atomic E-state index is 0.0458. The number of amides is 1.